The van der Waals surface area contributed by atoms with Gasteiger partial charge in [0.15, 0.2) is 0 Å². The van der Waals surface area contributed by atoms with Gasteiger partial charge in [0.05, 0.1) is 18.4 Å². The quantitative estimate of drug-likeness (QED) is 0.213. The number of aromatic nitrogens is 3. The molecule has 14 nitrogen and oxygen atoms in total. The van der Waals surface area contributed by atoms with Crippen LogP contribution in [-0.4, -0.2) is 83.4 Å². The maximum atomic E-state index is 13.1. The first-order chi connectivity index (χ1) is 19.7. The van der Waals surface area contributed by atoms with Crippen molar-refractivity contribution in [2.45, 2.75) is 37.0 Å². The Kier molecular flexibility index (Phi) is 8.46. The van der Waals surface area contributed by atoms with Crippen LogP contribution in [0.4, 0.5) is 29.2 Å². The highest BCUT2D eigenvalue weighted by atomic mass is 16.7. The van der Waals surface area contributed by atoms with Gasteiger partial charge in [0.1, 0.15) is 5.75 Å². The molecule has 14 heteroatoms. The van der Waals surface area contributed by atoms with Gasteiger partial charge in [-0.3, -0.25) is 9.63 Å². The molecule has 3 heterocycles. The molecule has 2 aromatic carbocycles. The van der Waals surface area contributed by atoms with Crippen LogP contribution < -0.4 is 43.1 Å². The molecule has 0 spiro atoms. The number of piperidine rings is 2. The summed E-state index contributed by atoms with van der Waals surface area (Å²) in [7, 11) is 1.39. The molecular weight excluding hydrogens is 526 g/mol. The van der Waals surface area contributed by atoms with Crippen LogP contribution in [0, 0.1) is 0 Å². The minimum atomic E-state index is -0.525. The number of hydrogen-bond donors (Lipinski definition) is 6. The molecule has 41 heavy (non-hydrogen) atoms. The Hall–Kier alpha value is -4.08. The van der Waals surface area contributed by atoms with Gasteiger partial charge in [0.2, 0.25) is 17.8 Å². The highest BCUT2D eigenvalue weighted by Gasteiger charge is 2.29. The predicted molar refractivity (Wildman–Crippen MR) is 157 cm³/mol. The number of anilines is 5. The number of amides is 1. The maximum Gasteiger partial charge on any atom is 0.285 e. The third kappa shape index (κ3) is 6.64. The molecule has 1 amide bonds. The SMILES string of the molecule is CON(C(=O)c1ccc(Nc2nc(N3CC(N)CC(N)C3)nc(N3CC(N)CC(N)C3)n2)cc1O)c1ccccc1. The molecule has 2 aliphatic heterocycles. The van der Waals surface area contributed by atoms with Gasteiger partial charge in [-0.2, -0.15) is 20.0 Å². The smallest absolute Gasteiger partial charge is 0.285 e. The average molecular weight is 564 g/mol. The lowest BCUT2D eigenvalue weighted by atomic mass is 10.0. The van der Waals surface area contributed by atoms with Crippen LogP contribution in [0.1, 0.15) is 23.2 Å². The summed E-state index contributed by atoms with van der Waals surface area (Å²) in [4.78, 5) is 36.3. The number of hydrogen-bond acceptors (Lipinski definition) is 13. The van der Waals surface area contributed by atoms with Crippen molar-refractivity contribution < 1.29 is 14.7 Å². The number of carbonyl (C=O) groups excluding carboxylic acids is 1. The van der Waals surface area contributed by atoms with Crippen LogP contribution >= 0.6 is 0 Å². The fourth-order valence-corrected chi connectivity index (χ4v) is 5.27. The number of carbonyl (C=O) groups is 1. The van der Waals surface area contributed by atoms with Crippen LogP contribution in [0.2, 0.25) is 0 Å². The highest BCUT2D eigenvalue weighted by molar-refractivity contribution is 6.06. The van der Waals surface area contributed by atoms with Crippen molar-refractivity contribution >= 4 is 35.1 Å². The predicted octanol–water partition coefficient (Wildman–Crippen LogP) is 0.258. The van der Waals surface area contributed by atoms with E-state index in [9.17, 15) is 9.90 Å². The van der Waals surface area contributed by atoms with Gasteiger partial charge in [-0.05, 0) is 37.1 Å². The Balaban J connectivity index is 1.43. The summed E-state index contributed by atoms with van der Waals surface area (Å²) >= 11 is 0. The van der Waals surface area contributed by atoms with E-state index in [0.29, 0.717) is 62.3 Å². The van der Waals surface area contributed by atoms with Gasteiger partial charge in [0.25, 0.3) is 5.91 Å². The molecule has 3 aromatic rings. The second-order valence-electron chi connectivity index (χ2n) is 10.6. The Labute approximate surface area is 238 Å². The normalized spacial score (nSPS) is 22.9. The molecule has 4 unspecified atom stereocenters. The summed E-state index contributed by atoms with van der Waals surface area (Å²) in [6.07, 6.45) is 1.43. The summed E-state index contributed by atoms with van der Waals surface area (Å²) in [5, 5.41) is 15.0. The molecule has 4 atom stereocenters. The molecule has 2 saturated heterocycles. The Morgan fingerprint density at radius 1 is 0.878 bits per heavy atom. The lowest BCUT2D eigenvalue weighted by molar-refractivity contribution is 0.0770. The topological polar surface area (TPSA) is 211 Å². The lowest BCUT2D eigenvalue weighted by Gasteiger charge is -2.37. The monoisotopic (exact) mass is 563 g/mol. The van der Waals surface area contributed by atoms with Gasteiger partial charge in [0, 0.05) is 62.1 Å². The molecule has 1 aromatic heterocycles. The summed E-state index contributed by atoms with van der Waals surface area (Å²) < 4.78 is 0. The zero-order valence-corrected chi connectivity index (χ0v) is 22.9. The van der Waals surface area contributed by atoms with Gasteiger partial charge >= 0.3 is 0 Å². The first-order valence-electron chi connectivity index (χ1n) is 13.5. The summed E-state index contributed by atoms with van der Waals surface area (Å²) in [5.41, 5.74) is 26.0. The highest BCUT2D eigenvalue weighted by Crippen LogP contribution is 2.28. The van der Waals surface area contributed by atoms with E-state index in [4.69, 9.17) is 32.8 Å². The first kappa shape index (κ1) is 28.4. The van der Waals surface area contributed by atoms with E-state index in [1.807, 2.05) is 15.9 Å². The van der Waals surface area contributed by atoms with Crippen molar-refractivity contribution in [3.63, 3.8) is 0 Å². The van der Waals surface area contributed by atoms with E-state index in [-0.39, 0.29) is 41.4 Å². The molecule has 0 aliphatic carbocycles. The van der Waals surface area contributed by atoms with E-state index in [0.717, 1.165) is 5.06 Å². The third-order valence-electron chi connectivity index (χ3n) is 7.05. The number of hydroxylamine groups is 1. The molecule has 0 saturated carbocycles. The van der Waals surface area contributed by atoms with Gasteiger partial charge < -0.3 is 43.2 Å². The zero-order valence-electron chi connectivity index (χ0n) is 22.9. The van der Waals surface area contributed by atoms with Crippen molar-refractivity contribution in [1.82, 2.24) is 15.0 Å². The second kappa shape index (κ2) is 12.2. The van der Waals surface area contributed by atoms with Crippen molar-refractivity contribution in [3.8, 4) is 5.75 Å². The first-order valence-corrected chi connectivity index (χ1v) is 13.5. The van der Waals surface area contributed by atoms with Gasteiger partial charge in [-0.25, -0.2) is 0 Å². The van der Waals surface area contributed by atoms with Gasteiger partial charge in [-0.15, -0.1) is 0 Å². The minimum Gasteiger partial charge on any atom is -0.507 e. The minimum absolute atomic E-state index is 0.0610. The van der Waals surface area contributed by atoms with E-state index >= 15 is 0 Å². The van der Waals surface area contributed by atoms with Crippen molar-refractivity contribution in [1.29, 1.82) is 0 Å². The molecule has 218 valence electrons. The van der Waals surface area contributed by atoms with Crippen LogP contribution in [0.3, 0.4) is 0 Å². The zero-order chi connectivity index (χ0) is 29.1. The van der Waals surface area contributed by atoms with E-state index in [1.165, 1.54) is 19.2 Å². The Morgan fingerprint density at radius 3 is 1.90 bits per heavy atom. The number of phenols is 1. The van der Waals surface area contributed by atoms with E-state index in [1.54, 1.807) is 30.3 Å². The van der Waals surface area contributed by atoms with Crippen molar-refractivity contribution in [2.75, 3.05) is 53.5 Å². The maximum absolute atomic E-state index is 13.1. The molecule has 5 rings (SSSR count). The van der Waals surface area contributed by atoms with Crippen LogP contribution in [0.25, 0.3) is 0 Å². The number of nitrogens with two attached hydrogens (primary N) is 4. The lowest BCUT2D eigenvalue weighted by Crippen LogP contribution is -2.54. The van der Waals surface area contributed by atoms with Crippen molar-refractivity contribution in [2.24, 2.45) is 22.9 Å². The fourth-order valence-electron chi connectivity index (χ4n) is 5.27. The number of phenolic OH excluding ortho intramolecular Hbond substituents is 1. The Morgan fingerprint density at radius 2 is 1.41 bits per heavy atom. The summed E-state index contributed by atoms with van der Waals surface area (Å²) in [5.74, 6) is 0.319. The van der Waals surface area contributed by atoms with Crippen LogP contribution in [0.15, 0.2) is 48.5 Å². The molecule has 0 radical (unpaired) electrons. The average Bonchev–Trinajstić information content (AvgIpc) is 2.93. The van der Waals surface area contributed by atoms with Crippen LogP contribution in [-0.2, 0) is 4.84 Å². The Bertz CT molecular complexity index is 1300. The van der Waals surface area contributed by atoms with E-state index < -0.39 is 5.91 Å². The molecule has 2 fully saturated rings. The number of rotatable bonds is 7. The number of nitrogens with one attached hydrogen (secondary N) is 1. The fraction of sp³-hybridized carbons (Fsp3) is 0.407. The van der Waals surface area contributed by atoms with Crippen LogP contribution in [0.5, 0.6) is 5.75 Å². The third-order valence-corrected chi connectivity index (χ3v) is 7.05. The molecule has 0 bridgehead atoms. The molecule has 2 aliphatic rings. The van der Waals surface area contributed by atoms with Crippen molar-refractivity contribution in [3.05, 3.63) is 54.1 Å². The summed E-state index contributed by atoms with van der Waals surface area (Å²) in [6.45, 7) is 2.19. The van der Waals surface area contributed by atoms with Gasteiger partial charge in [-0.1, -0.05) is 18.2 Å². The number of nitrogens with zero attached hydrogens (tertiary/aromatic N) is 6. The second-order valence-corrected chi connectivity index (χ2v) is 10.6. The largest absolute Gasteiger partial charge is 0.507 e. The van der Waals surface area contributed by atoms with E-state index in [2.05, 4.69) is 15.3 Å². The number of aromatic hydroxyl groups is 1. The molecular formula is C27H37N11O3. The number of benzene rings is 2. The summed E-state index contributed by atoms with van der Waals surface area (Å²) in [6, 6.07) is 13.0. The number of para-hydroxylation sites is 1. The molecule has 10 N–H and O–H groups in total. The standard InChI is InChI=1S/C27H37N11O3/c1-41-38(21-5-3-2-4-6-21)24(40)22-8-7-20(11-23(22)39)32-25-33-26(36-12-16(28)9-17(29)13-36)35-27(34-25)37-14-18(30)10-19(31)15-37/h2-8,11,16-19,39H,9-10,12-15,28-31H2,1H3,(H,32,33,34,35).